The molecule has 36 heavy (non-hydrogen) atoms. The maximum Gasteiger partial charge on any atom is 0.231 e. The van der Waals surface area contributed by atoms with Crippen molar-refractivity contribution in [1.29, 1.82) is 0 Å². The van der Waals surface area contributed by atoms with Gasteiger partial charge in [0.15, 0.2) is 17.3 Å². The molecule has 0 saturated carbocycles. The Labute approximate surface area is 219 Å². The Bertz CT molecular complexity index is 932. The number of para-hydroxylation sites is 1. The first-order chi connectivity index (χ1) is 17.6. The van der Waals surface area contributed by atoms with Gasteiger partial charge in [-0.3, -0.25) is 4.79 Å². The average molecular weight is 495 g/mol. The molecule has 0 atom stereocenters. The summed E-state index contributed by atoms with van der Waals surface area (Å²) < 4.78 is 18.4. The number of carbonyl (C=O) groups excluding carboxylic acids is 1. The van der Waals surface area contributed by atoms with Gasteiger partial charge >= 0.3 is 0 Å². The zero-order valence-corrected chi connectivity index (χ0v) is 22.9. The zero-order chi connectivity index (χ0) is 26.0. The van der Waals surface area contributed by atoms with Gasteiger partial charge in [-0.25, -0.2) is 0 Å². The first-order valence-electron chi connectivity index (χ1n) is 14.0. The van der Waals surface area contributed by atoms with Gasteiger partial charge in [-0.2, -0.15) is 0 Å². The molecule has 0 bridgehead atoms. The van der Waals surface area contributed by atoms with Gasteiger partial charge < -0.3 is 14.2 Å². The predicted molar refractivity (Wildman–Crippen MR) is 150 cm³/mol. The second-order valence-electron chi connectivity index (χ2n) is 9.24. The van der Waals surface area contributed by atoms with E-state index >= 15 is 0 Å². The Morgan fingerprint density at radius 2 is 1.39 bits per heavy atom. The summed E-state index contributed by atoms with van der Waals surface area (Å²) in [5, 5.41) is 0. The van der Waals surface area contributed by atoms with E-state index in [-0.39, 0.29) is 5.78 Å². The minimum Gasteiger partial charge on any atom is -0.490 e. The number of allylic oxidation sites excluding steroid dienone is 1. The van der Waals surface area contributed by atoms with Crippen LogP contribution >= 0.6 is 0 Å². The third kappa shape index (κ3) is 10.1. The van der Waals surface area contributed by atoms with Crippen molar-refractivity contribution in [3.05, 3.63) is 64.9 Å². The zero-order valence-electron chi connectivity index (χ0n) is 22.9. The Morgan fingerprint density at radius 3 is 2.06 bits per heavy atom. The van der Waals surface area contributed by atoms with Crippen molar-refractivity contribution in [2.24, 2.45) is 0 Å². The van der Waals surface area contributed by atoms with Crippen molar-refractivity contribution < 1.29 is 19.0 Å². The largest absolute Gasteiger partial charge is 0.490 e. The number of benzene rings is 2. The van der Waals surface area contributed by atoms with Crippen LogP contribution in [-0.2, 0) is 11.2 Å². The Balaban J connectivity index is 2.39. The maximum atomic E-state index is 13.9. The van der Waals surface area contributed by atoms with Gasteiger partial charge in [-0.05, 0) is 55.0 Å². The van der Waals surface area contributed by atoms with E-state index in [1.165, 1.54) is 5.56 Å². The molecular weight excluding hydrogens is 448 g/mol. The molecule has 2 aromatic carbocycles. The van der Waals surface area contributed by atoms with E-state index in [1.807, 2.05) is 36.4 Å². The number of ether oxygens (including phenoxy) is 3. The molecule has 2 aromatic rings. The predicted octanol–water partition coefficient (Wildman–Crippen LogP) is 8.82. The molecular formula is C32H46O4. The summed E-state index contributed by atoms with van der Waals surface area (Å²) in [6.45, 7) is 10.3. The molecule has 0 aromatic heterocycles. The van der Waals surface area contributed by atoms with Crippen molar-refractivity contribution in [2.45, 2.75) is 91.9 Å². The summed E-state index contributed by atoms with van der Waals surface area (Å²) in [7, 11) is 0. The van der Waals surface area contributed by atoms with E-state index in [1.54, 1.807) is 0 Å². The highest BCUT2D eigenvalue weighted by molar-refractivity contribution is 6.12. The van der Waals surface area contributed by atoms with Gasteiger partial charge in [0.05, 0.1) is 25.4 Å². The average Bonchev–Trinajstić information content (AvgIpc) is 2.91. The van der Waals surface area contributed by atoms with Crippen LogP contribution in [-0.4, -0.2) is 25.6 Å². The quantitative estimate of drug-likeness (QED) is 0.0847. The number of ketones is 1. The van der Waals surface area contributed by atoms with Gasteiger partial charge in [-0.1, -0.05) is 96.6 Å². The molecule has 0 aliphatic heterocycles. The number of aryl methyl sites for hydroxylation is 1. The third-order valence-corrected chi connectivity index (χ3v) is 6.11. The minimum atomic E-state index is -0.169. The van der Waals surface area contributed by atoms with Crippen molar-refractivity contribution in [2.75, 3.05) is 19.8 Å². The molecule has 0 heterocycles. The summed E-state index contributed by atoms with van der Waals surface area (Å²) >= 11 is 0. The Kier molecular flexibility index (Phi) is 14.4. The monoisotopic (exact) mass is 494 g/mol. The van der Waals surface area contributed by atoms with Gasteiger partial charge in [0, 0.05) is 0 Å². The standard InChI is InChI=1S/C32H46O4/c1-5-9-12-21-34-29-20-16-19-28(32(29)36-23-14-11-7-3)31(33)30(35-22-13-10-6-2)25-27-18-15-17-26(8-4)24-27/h15-20,24-25H,5-14,21-23H2,1-4H3/b30-25-. The molecule has 0 unspecified atom stereocenters. The molecule has 0 N–H and O–H groups in total. The summed E-state index contributed by atoms with van der Waals surface area (Å²) in [4.78, 5) is 13.9. The van der Waals surface area contributed by atoms with Crippen LogP contribution in [0.3, 0.4) is 0 Å². The molecule has 0 spiro atoms. The van der Waals surface area contributed by atoms with E-state index < -0.39 is 0 Å². The van der Waals surface area contributed by atoms with Crippen molar-refractivity contribution in [3.8, 4) is 11.5 Å². The lowest BCUT2D eigenvalue weighted by Crippen LogP contribution is -2.12. The molecule has 0 aliphatic rings. The van der Waals surface area contributed by atoms with E-state index in [2.05, 4.69) is 39.8 Å². The molecule has 198 valence electrons. The first kappa shape index (κ1) is 29.5. The SMILES string of the molecule is CCCCCO/C(=C\c1cccc(CC)c1)C(=O)c1cccc(OCCCCC)c1OCCCCC. The van der Waals surface area contributed by atoms with Crippen LogP contribution < -0.4 is 9.47 Å². The molecule has 0 amide bonds. The fraction of sp³-hybridized carbons (Fsp3) is 0.531. The van der Waals surface area contributed by atoms with E-state index in [0.29, 0.717) is 42.6 Å². The number of rotatable bonds is 19. The van der Waals surface area contributed by atoms with Crippen LogP contribution in [0.4, 0.5) is 0 Å². The van der Waals surface area contributed by atoms with Crippen LogP contribution in [0.1, 0.15) is 107 Å². The van der Waals surface area contributed by atoms with Crippen molar-refractivity contribution in [1.82, 2.24) is 0 Å². The number of hydrogen-bond donors (Lipinski definition) is 0. The van der Waals surface area contributed by atoms with E-state index in [4.69, 9.17) is 14.2 Å². The maximum absolute atomic E-state index is 13.9. The summed E-state index contributed by atoms with van der Waals surface area (Å²) in [5.74, 6) is 1.34. The lowest BCUT2D eigenvalue weighted by Gasteiger charge is -2.17. The Morgan fingerprint density at radius 1 is 0.750 bits per heavy atom. The Hall–Kier alpha value is -2.75. The van der Waals surface area contributed by atoms with E-state index in [9.17, 15) is 4.79 Å². The minimum absolute atomic E-state index is 0.169. The van der Waals surface area contributed by atoms with Gasteiger partial charge in [0.2, 0.25) is 5.78 Å². The first-order valence-corrected chi connectivity index (χ1v) is 14.0. The highest BCUT2D eigenvalue weighted by atomic mass is 16.5. The van der Waals surface area contributed by atoms with Crippen molar-refractivity contribution in [3.63, 3.8) is 0 Å². The van der Waals surface area contributed by atoms with Crippen molar-refractivity contribution >= 4 is 11.9 Å². The highest BCUT2D eigenvalue weighted by Gasteiger charge is 2.22. The molecule has 2 rings (SSSR count). The number of carbonyl (C=O) groups is 1. The number of unbranched alkanes of at least 4 members (excludes halogenated alkanes) is 6. The summed E-state index contributed by atoms with van der Waals surface area (Å²) in [5.41, 5.74) is 2.68. The normalized spacial score (nSPS) is 11.4. The lowest BCUT2D eigenvalue weighted by atomic mass is 10.0. The second-order valence-corrected chi connectivity index (χ2v) is 9.24. The molecule has 0 aliphatic carbocycles. The van der Waals surface area contributed by atoms with E-state index in [0.717, 1.165) is 69.8 Å². The second kappa shape index (κ2) is 17.6. The fourth-order valence-electron chi connectivity index (χ4n) is 3.91. The van der Waals surface area contributed by atoms with Gasteiger partial charge in [0.25, 0.3) is 0 Å². The molecule has 0 radical (unpaired) electrons. The molecule has 0 saturated heterocycles. The molecule has 0 fully saturated rings. The topological polar surface area (TPSA) is 44.8 Å². The number of hydrogen-bond acceptors (Lipinski definition) is 4. The van der Waals surface area contributed by atoms with Crippen LogP contribution in [0.15, 0.2) is 48.2 Å². The highest BCUT2D eigenvalue weighted by Crippen LogP contribution is 2.34. The van der Waals surface area contributed by atoms with Crippen LogP contribution in [0.25, 0.3) is 6.08 Å². The van der Waals surface area contributed by atoms with Gasteiger partial charge in [0.1, 0.15) is 0 Å². The molecule has 4 nitrogen and oxygen atoms in total. The summed E-state index contributed by atoms with van der Waals surface area (Å²) in [6, 6.07) is 13.8. The van der Waals surface area contributed by atoms with Crippen LogP contribution in [0.2, 0.25) is 0 Å². The third-order valence-electron chi connectivity index (χ3n) is 6.11. The lowest BCUT2D eigenvalue weighted by molar-refractivity contribution is 0.0914. The smallest absolute Gasteiger partial charge is 0.231 e. The number of Topliss-reactive ketones (excluding diaryl/α,β-unsaturated/α-hetero) is 1. The molecule has 4 heteroatoms. The van der Waals surface area contributed by atoms with Gasteiger partial charge in [-0.15, -0.1) is 0 Å². The fourth-order valence-corrected chi connectivity index (χ4v) is 3.91. The van der Waals surface area contributed by atoms with Crippen LogP contribution in [0.5, 0.6) is 11.5 Å². The van der Waals surface area contributed by atoms with Crippen LogP contribution in [0, 0.1) is 0 Å². The summed E-state index contributed by atoms with van der Waals surface area (Å²) in [6.07, 6.45) is 12.2.